The van der Waals surface area contributed by atoms with E-state index in [4.69, 9.17) is 20.3 Å². The number of hydrogen-bond donors (Lipinski definition) is 1. The first-order valence-electron chi connectivity index (χ1n) is 11.2. The topological polar surface area (TPSA) is 109 Å². The van der Waals surface area contributed by atoms with Crippen molar-refractivity contribution in [2.75, 3.05) is 5.73 Å². The molecule has 0 bridgehead atoms. The SMILES string of the molecule is CCc1ccc(-c2c(-c3nn(C4CCCC4)c4ncnc(N)c34)noc2C2CC2)nc1. The number of hydrogen-bond acceptors (Lipinski definition) is 7. The van der Waals surface area contributed by atoms with Gasteiger partial charge in [0.05, 0.1) is 22.7 Å². The molecule has 0 unspecified atom stereocenters. The minimum atomic E-state index is 0.325. The summed E-state index contributed by atoms with van der Waals surface area (Å²) in [6, 6.07) is 4.49. The quantitative estimate of drug-likeness (QED) is 0.504. The Morgan fingerprint density at radius 3 is 2.61 bits per heavy atom. The number of nitrogens with zero attached hydrogens (tertiary/aromatic N) is 6. The maximum absolute atomic E-state index is 6.33. The standard InChI is InChI=1S/C23H25N7O/c1-2-13-7-10-16(25-11-13)17-20(29-31-21(17)14-8-9-14)19-18-22(24)26-12-27-23(18)30(28-19)15-5-3-4-6-15/h7,10-12,14-15H,2-6,8-9H2,1H3,(H2,24,26,27). The summed E-state index contributed by atoms with van der Waals surface area (Å²) in [5.74, 6) is 1.70. The van der Waals surface area contributed by atoms with Crippen LogP contribution < -0.4 is 5.73 Å². The molecule has 4 aromatic heterocycles. The molecular formula is C23H25N7O. The molecular weight excluding hydrogens is 390 g/mol. The molecule has 0 radical (unpaired) electrons. The molecule has 0 atom stereocenters. The summed E-state index contributed by atoms with van der Waals surface area (Å²) < 4.78 is 7.91. The summed E-state index contributed by atoms with van der Waals surface area (Å²) in [6.07, 6.45) is 11.2. The molecule has 2 aliphatic carbocycles. The van der Waals surface area contributed by atoms with Gasteiger partial charge in [-0.3, -0.25) is 4.98 Å². The summed E-state index contributed by atoms with van der Waals surface area (Å²) in [7, 11) is 0. The number of fused-ring (bicyclic) bond motifs is 1. The molecule has 2 saturated carbocycles. The van der Waals surface area contributed by atoms with Crippen LogP contribution in [0.4, 0.5) is 5.82 Å². The highest BCUT2D eigenvalue weighted by Crippen LogP contribution is 2.48. The van der Waals surface area contributed by atoms with Gasteiger partial charge in [-0.05, 0) is 43.7 Å². The summed E-state index contributed by atoms with van der Waals surface area (Å²) in [5, 5.41) is 10.2. The Labute approximate surface area is 179 Å². The van der Waals surface area contributed by atoms with Gasteiger partial charge in [-0.15, -0.1) is 0 Å². The molecule has 0 aromatic carbocycles. The summed E-state index contributed by atoms with van der Waals surface area (Å²) in [4.78, 5) is 13.5. The molecule has 0 amide bonds. The van der Waals surface area contributed by atoms with E-state index in [1.807, 2.05) is 10.9 Å². The smallest absolute Gasteiger partial charge is 0.164 e. The number of nitrogen functional groups attached to an aromatic ring is 1. The van der Waals surface area contributed by atoms with Gasteiger partial charge in [-0.1, -0.05) is 31.0 Å². The molecule has 158 valence electrons. The van der Waals surface area contributed by atoms with Crippen molar-refractivity contribution in [1.82, 2.24) is 29.9 Å². The van der Waals surface area contributed by atoms with Crippen LogP contribution in [0.2, 0.25) is 0 Å². The lowest BCUT2D eigenvalue weighted by Gasteiger charge is -2.10. The molecule has 2 fully saturated rings. The second-order valence-electron chi connectivity index (χ2n) is 8.64. The van der Waals surface area contributed by atoms with Crippen LogP contribution in [0.1, 0.15) is 68.7 Å². The Bertz CT molecular complexity index is 1250. The lowest BCUT2D eigenvalue weighted by molar-refractivity contribution is 0.386. The molecule has 31 heavy (non-hydrogen) atoms. The average molecular weight is 416 g/mol. The van der Waals surface area contributed by atoms with Gasteiger partial charge in [0.1, 0.15) is 29.3 Å². The second kappa shape index (κ2) is 7.14. The number of pyridine rings is 1. The van der Waals surface area contributed by atoms with E-state index in [0.29, 0.717) is 29.2 Å². The highest BCUT2D eigenvalue weighted by molar-refractivity contribution is 6.00. The van der Waals surface area contributed by atoms with Crippen LogP contribution in [0.3, 0.4) is 0 Å². The minimum Gasteiger partial charge on any atom is -0.383 e. The fourth-order valence-electron chi connectivity index (χ4n) is 4.68. The first kappa shape index (κ1) is 18.5. The van der Waals surface area contributed by atoms with Crippen LogP contribution in [0, 0.1) is 0 Å². The van der Waals surface area contributed by atoms with Gasteiger partial charge in [0.25, 0.3) is 0 Å². The number of aromatic nitrogens is 6. The third-order valence-corrected chi connectivity index (χ3v) is 6.57. The van der Waals surface area contributed by atoms with Crippen LogP contribution in [0.15, 0.2) is 29.2 Å². The van der Waals surface area contributed by atoms with E-state index >= 15 is 0 Å². The zero-order chi connectivity index (χ0) is 20.9. The molecule has 6 rings (SSSR count). The molecule has 0 spiro atoms. The Morgan fingerprint density at radius 2 is 1.90 bits per heavy atom. The molecule has 4 heterocycles. The van der Waals surface area contributed by atoms with Gasteiger partial charge in [0.15, 0.2) is 5.65 Å². The molecule has 8 nitrogen and oxygen atoms in total. The zero-order valence-electron chi connectivity index (χ0n) is 17.6. The fourth-order valence-corrected chi connectivity index (χ4v) is 4.68. The Hall–Kier alpha value is -3.29. The summed E-state index contributed by atoms with van der Waals surface area (Å²) >= 11 is 0. The van der Waals surface area contributed by atoms with E-state index in [2.05, 4.69) is 34.2 Å². The maximum atomic E-state index is 6.33. The van der Waals surface area contributed by atoms with Crippen LogP contribution in [0.25, 0.3) is 33.7 Å². The van der Waals surface area contributed by atoms with E-state index in [0.717, 1.165) is 60.2 Å². The van der Waals surface area contributed by atoms with Crippen molar-refractivity contribution in [3.05, 3.63) is 36.0 Å². The normalized spacial score (nSPS) is 17.1. The first-order chi connectivity index (χ1) is 15.2. The number of rotatable bonds is 5. The first-order valence-corrected chi connectivity index (χ1v) is 11.2. The lowest BCUT2D eigenvalue weighted by Crippen LogP contribution is -2.07. The molecule has 4 aromatic rings. The minimum absolute atomic E-state index is 0.325. The van der Waals surface area contributed by atoms with Gasteiger partial charge < -0.3 is 10.3 Å². The predicted molar refractivity (Wildman–Crippen MR) is 117 cm³/mol. The van der Waals surface area contributed by atoms with Crippen LogP contribution >= 0.6 is 0 Å². The number of anilines is 1. The molecule has 2 N–H and O–H groups in total. The van der Waals surface area contributed by atoms with Crippen molar-refractivity contribution in [1.29, 1.82) is 0 Å². The van der Waals surface area contributed by atoms with Gasteiger partial charge >= 0.3 is 0 Å². The highest BCUT2D eigenvalue weighted by Gasteiger charge is 2.35. The van der Waals surface area contributed by atoms with E-state index in [-0.39, 0.29) is 0 Å². The van der Waals surface area contributed by atoms with Crippen molar-refractivity contribution < 1.29 is 4.52 Å². The third-order valence-electron chi connectivity index (χ3n) is 6.57. The van der Waals surface area contributed by atoms with Crippen LogP contribution in [0.5, 0.6) is 0 Å². The largest absolute Gasteiger partial charge is 0.383 e. The zero-order valence-corrected chi connectivity index (χ0v) is 17.6. The Morgan fingerprint density at radius 1 is 1.06 bits per heavy atom. The average Bonchev–Trinajstić information content (AvgIpc) is 3.18. The molecule has 0 saturated heterocycles. The van der Waals surface area contributed by atoms with E-state index in [1.54, 1.807) is 0 Å². The van der Waals surface area contributed by atoms with Crippen molar-refractivity contribution in [3.63, 3.8) is 0 Å². The highest BCUT2D eigenvalue weighted by atomic mass is 16.5. The van der Waals surface area contributed by atoms with E-state index < -0.39 is 0 Å². The van der Waals surface area contributed by atoms with Crippen LogP contribution in [-0.2, 0) is 6.42 Å². The van der Waals surface area contributed by atoms with Crippen molar-refractivity contribution in [2.24, 2.45) is 0 Å². The Kier molecular flexibility index (Phi) is 4.26. The maximum Gasteiger partial charge on any atom is 0.164 e. The van der Waals surface area contributed by atoms with Crippen molar-refractivity contribution in [3.8, 4) is 22.6 Å². The summed E-state index contributed by atoms with van der Waals surface area (Å²) in [6.45, 7) is 2.13. The number of nitrogens with two attached hydrogens (primary N) is 1. The predicted octanol–water partition coefficient (Wildman–Crippen LogP) is 4.68. The molecule has 8 heteroatoms. The van der Waals surface area contributed by atoms with Gasteiger partial charge in [0, 0.05) is 12.1 Å². The second-order valence-corrected chi connectivity index (χ2v) is 8.64. The monoisotopic (exact) mass is 415 g/mol. The fraction of sp³-hybridized carbons (Fsp3) is 0.435. The van der Waals surface area contributed by atoms with Gasteiger partial charge in [-0.25, -0.2) is 14.6 Å². The molecule has 2 aliphatic rings. The van der Waals surface area contributed by atoms with Crippen LogP contribution in [-0.4, -0.2) is 29.9 Å². The lowest BCUT2D eigenvalue weighted by atomic mass is 10.0. The van der Waals surface area contributed by atoms with Gasteiger partial charge in [-0.2, -0.15) is 5.10 Å². The Balaban J connectivity index is 1.58. The van der Waals surface area contributed by atoms with Crippen molar-refractivity contribution in [2.45, 2.75) is 63.8 Å². The van der Waals surface area contributed by atoms with Gasteiger partial charge in [0.2, 0.25) is 0 Å². The summed E-state index contributed by atoms with van der Waals surface area (Å²) in [5.41, 5.74) is 11.4. The van der Waals surface area contributed by atoms with E-state index in [1.165, 1.54) is 24.7 Å². The third kappa shape index (κ3) is 3.00. The number of aryl methyl sites for hydroxylation is 1. The van der Waals surface area contributed by atoms with E-state index in [9.17, 15) is 0 Å². The van der Waals surface area contributed by atoms with Crippen molar-refractivity contribution >= 4 is 16.9 Å². The molecule has 0 aliphatic heterocycles.